The summed E-state index contributed by atoms with van der Waals surface area (Å²) in [7, 11) is 1.66. The van der Waals surface area contributed by atoms with Gasteiger partial charge in [-0.15, -0.1) is 0 Å². The van der Waals surface area contributed by atoms with Crippen LogP contribution < -0.4 is 5.32 Å². The molecule has 1 aliphatic heterocycles. The predicted molar refractivity (Wildman–Crippen MR) is 105 cm³/mol. The molecule has 0 spiro atoms. The van der Waals surface area contributed by atoms with Gasteiger partial charge in [-0.05, 0) is 37.7 Å². The van der Waals surface area contributed by atoms with Crippen molar-refractivity contribution in [2.24, 2.45) is 11.8 Å². The summed E-state index contributed by atoms with van der Waals surface area (Å²) in [6, 6.07) is 10.1. The number of carbonyl (C=O) groups excluding carboxylic acids is 2. The van der Waals surface area contributed by atoms with Gasteiger partial charge in [0.25, 0.3) is 0 Å². The second-order valence-corrected chi connectivity index (χ2v) is 7.93. The van der Waals surface area contributed by atoms with Crippen LogP contribution in [0.15, 0.2) is 30.3 Å². The Kier molecular flexibility index (Phi) is 7.27. The van der Waals surface area contributed by atoms with Gasteiger partial charge in [-0.3, -0.25) is 9.59 Å². The van der Waals surface area contributed by atoms with Crippen LogP contribution in [0.4, 0.5) is 0 Å². The summed E-state index contributed by atoms with van der Waals surface area (Å²) in [5, 5.41) is 3.17. The zero-order valence-electron chi connectivity index (χ0n) is 16.4. The smallest absolute Gasteiger partial charge is 0.225 e. The SMILES string of the molecule is COC[C@H](Cc1ccccc1)NC(=O)C1CCN(C(=O)C2CCCC2)CC1. The van der Waals surface area contributed by atoms with Crippen molar-refractivity contribution in [1.82, 2.24) is 10.2 Å². The first kappa shape index (κ1) is 19.9. The van der Waals surface area contributed by atoms with Gasteiger partial charge in [0.2, 0.25) is 11.8 Å². The minimum absolute atomic E-state index is 0.00671. The predicted octanol–water partition coefficient (Wildman–Crippen LogP) is 2.79. The maximum absolute atomic E-state index is 12.7. The number of hydrogen-bond acceptors (Lipinski definition) is 3. The third-order valence-electron chi connectivity index (χ3n) is 5.92. The molecule has 148 valence electrons. The molecule has 0 unspecified atom stereocenters. The molecule has 5 heteroatoms. The minimum Gasteiger partial charge on any atom is -0.383 e. The van der Waals surface area contributed by atoms with Crippen molar-refractivity contribution in [1.29, 1.82) is 0 Å². The summed E-state index contributed by atoms with van der Waals surface area (Å²) in [5.41, 5.74) is 1.19. The van der Waals surface area contributed by atoms with Crippen LogP contribution in [0.3, 0.4) is 0 Å². The largest absolute Gasteiger partial charge is 0.383 e. The Morgan fingerprint density at radius 3 is 2.37 bits per heavy atom. The number of amides is 2. The van der Waals surface area contributed by atoms with Crippen molar-refractivity contribution in [2.75, 3.05) is 26.8 Å². The molecule has 0 radical (unpaired) electrons. The van der Waals surface area contributed by atoms with Crippen molar-refractivity contribution >= 4 is 11.8 Å². The highest BCUT2D eigenvalue weighted by molar-refractivity contribution is 5.81. The highest BCUT2D eigenvalue weighted by Gasteiger charge is 2.32. The fourth-order valence-corrected chi connectivity index (χ4v) is 4.36. The first-order chi connectivity index (χ1) is 13.2. The highest BCUT2D eigenvalue weighted by Crippen LogP contribution is 2.28. The van der Waals surface area contributed by atoms with Crippen LogP contribution in [0.1, 0.15) is 44.1 Å². The van der Waals surface area contributed by atoms with Crippen LogP contribution >= 0.6 is 0 Å². The van der Waals surface area contributed by atoms with Crippen molar-refractivity contribution < 1.29 is 14.3 Å². The van der Waals surface area contributed by atoms with Crippen molar-refractivity contribution in [3.8, 4) is 0 Å². The number of carbonyl (C=O) groups is 2. The van der Waals surface area contributed by atoms with Gasteiger partial charge >= 0.3 is 0 Å². The van der Waals surface area contributed by atoms with Gasteiger partial charge in [0, 0.05) is 32.0 Å². The van der Waals surface area contributed by atoms with Gasteiger partial charge in [0.1, 0.15) is 0 Å². The third kappa shape index (κ3) is 5.55. The van der Waals surface area contributed by atoms with Gasteiger partial charge in [-0.1, -0.05) is 43.2 Å². The number of nitrogens with one attached hydrogen (secondary N) is 1. The molecular weight excluding hydrogens is 340 g/mol. The molecule has 1 aliphatic carbocycles. The average Bonchev–Trinajstić information content (AvgIpc) is 3.23. The lowest BCUT2D eigenvalue weighted by Crippen LogP contribution is -2.47. The van der Waals surface area contributed by atoms with E-state index in [0.29, 0.717) is 25.6 Å². The summed E-state index contributed by atoms with van der Waals surface area (Å²) in [6.45, 7) is 1.92. The minimum atomic E-state index is -0.0250. The van der Waals surface area contributed by atoms with E-state index in [9.17, 15) is 9.59 Å². The van der Waals surface area contributed by atoms with Crippen LogP contribution in [0.5, 0.6) is 0 Å². The first-order valence-electron chi connectivity index (χ1n) is 10.3. The maximum Gasteiger partial charge on any atom is 0.225 e. The van der Waals surface area contributed by atoms with E-state index in [0.717, 1.165) is 32.1 Å². The lowest BCUT2D eigenvalue weighted by atomic mass is 9.94. The van der Waals surface area contributed by atoms with Crippen LogP contribution in [-0.2, 0) is 20.7 Å². The highest BCUT2D eigenvalue weighted by atomic mass is 16.5. The summed E-state index contributed by atoms with van der Waals surface area (Å²) in [4.78, 5) is 27.3. The number of hydrogen-bond donors (Lipinski definition) is 1. The number of methoxy groups -OCH3 is 1. The molecule has 2 aliphatic rings. The molecule has 27 heavy (non-hydrogen) atoms. The zero-order chi connectivity index (χ0) is 19.1. The Labute approximate surface area is 162 Å². The lowest BCUT2D eigenvalue weighted by Gasteiger charge is -2.33. The molecular formula is C22H32N2O3. The Morgan fingerprint density at radius 1 is 1.07 bits per heavy atom. The van der Waals surface area contributed by atoms with Crippen LogP contribution in [-0.4, -0.2) is 49.6 Å². The third-order valence-corrected chi connectivity index (χ3v) is 5.92. The molecule has 1 saturated heterocycles. The molecule has 1 N–H and O–H groups in total. The maximum atomic E-state index is 12.7. The number of ether oxygens (including phenoxy) is 1. The normalized spacial score (nSPS) is 19.8. The first-order valence-corrected chi connectivity index (χ1v) is 10.3. The topological polar surface area (TPSA) is 58.6 Å². The molecule has 2 fully saturated rings. The molecule has 1 saturated carbocycles. The van der Waals surface area contributed by atoms with Crippen LogP contribution in [0.25, 0.3) is 0 Å². The Morgan fingerprint density at radius 2 is 1.74 bits per heavy atom. The van der Waals surface area contributed by atoms with E-state index in [4.69, 9.17) is 4.74 Å². The Hall–Kier alpha value is -1.88. The molecule has 1 aromatic carbocycles. The standard InChI is InChI=1S/C22H32N2O3/c1-27-16-20(15-17-7-3-2-4-8-17)23-21(25)18-11-13-24(14-12-18)22(26)19-9-5-6-10-19/h2-4,7-8,18-20H,5-6,9-16H2,1H3,(H,23,25)/t20-/m0/s1. The van der Waals surface area contributed by atoms with Crippen molar-refractivity contribution in [3.63, 3.8) is 0 Å². The van der Waals surface area contributed by atoms with Crippen LogP contribution in [0.2, 0.25) is 0 Å². The number of piperidine rings is 1. The zero-order valence-corrected chi connectivity index (χ0v) is 16.4. The van der Waals surface area contributed by atoms with E-state index < -0.39 is 0 Å². The molecule has 1 aromatic rings. The van der Waals surface area contributed by atoms with E-state index in [-0.39, 0.29) is 23.8 Å². The fourth-order valence-electron chi connectivity index (χ4n) is 4.36. The summed E-state index contributed by atoms with van der Waals surface area (Å²) >= 11 is 0. The van der Waals surface area contributed by atoms with Crippen LogP contribution in [0, 0.1) is 11.8 Å². The van der Waals surface area contributed by atoms with E-state index in [1.165, 1.54) is 18.4 Å². The van der Waals surface area contributed by atoms with Gasteiger partial charge in [-0.2, -0.15) is 0 Å². The average molecular weight is 373 g/mol. The van der Waals surface area contributed by atoms with Crippen molar-refractivity contribution in [2.45, 2.75) is 51.0 Å². The van der Waals surface area contributed by atoms with E-state index in [1.807, 2.05) is 23.1 Å². The molecule has 1 atom stereocenters. The van der Waals surface area contributed by atoms with Gasteiger partial charge in [0.15, 0.2) is 0 Å². The quantitative estimate of drug-likeness (QED) is 0.801. The van der Waals surface area contributed by atoms with E-state index in [2.05, 4.69) is 17.4 Å². The van der Waals surface area contributed by atoms with E-state index >= 15 is 0 Å². The second-order valence-electron chi connectivity index (χ2n) is 7.93. The summed E-state index contributed by atoms with van der Waals surface area (Å²) in [6.07, 6.45) is 6.72. The lowest BCUT2D eigenvalue weighted by molar-refractivity contribution is -0.139. The molecule has 0 aromatic heterocycles. The van der Waals surface area contributed by atoms with E-state index in [1.54, 1.807) is 7.11 Å². The number of rotatable bonds is 7. The number of nitrogens with zero attached hydrogens (tertiary/aromatic N) is 1. The fraction of sp³-hybridized carbons (Fsp3) is 0.636. The molecule has 3 rings (SSSR count). The Balaban J connectivity index is 1.48. The second kappa shape index (κ2) is 9.88. The number of benzene rings is 1. The monoisotopic (exact) mass is 372 g/mol. The van der Waals surface area contributed by atoms with Gasteiger partial charge in [-0.25, -0.2) is 0 Å². The molecule has 5 nitrogen and oxygen atoms in total. The summed E-state index contributed by atoms with van der Waals surface area (Å²) in [5.74, 6) is 0.633. The summed E-state index contributed by atoms with van der Waals surface area (Å²) < 4.78 is 5.30. The molecule has 2 amide bonds. The Bertz CT molecular complexity index is 605. The van der Waals surface area contributed by atoms with Gasteiger partial charge in [0.05, 0.1) is 12.6 Å². The molecule has 1 heterocycles. The van der Waals surface area contributed by atoms with Gasteiger partial charge < -0.3 is 15.0 Å². The molecule has 0 bridgehead atoms. The van der Waals surface area contributed by atoms with Crippen molar-refractivity contribution in [3.05, 3.63) is 35.9 Å². The number of likely N-dealkylation sites (tertiary alicyclic amines) is 1.